The summed E-state index contributed by atoms with van der Waals surface area (Å²) in [6.07, 6.45) is 2.69. The van der Waals surface area contributed by atoms with E-state index in [1.54, 1.807) is 18.0 Å². The van der Waals surface area contributed by atoms with Crippen LogP contribution >= 0.6 is 0 Å². The second kappa shape index (κ2) is 7.30. The van der Waals surface area contributed by atoms with Crippen molar-refractivity contribution in [2.45, 2.75) is 19.3 Å². The molecule has 0 saturated heterocycles. The number of para-hydroxylation sites is 1. The smallest absolute Gasteiger partial charge is 0.253 e. The maximum atomic E-state index is 12.5. The minimum Gasteiger partial charge on any atom is -0.352 e. The van der Waals surface area contributed by atoms with E-state index in [0.717, 1.165) is 19.3 Å². The Morgan fingerprint density at radius 3 is 2.42 bits per heavy atom. The number of amides is 2. The van der Waals surface area contributed by atoms with Crippen LogP contribution in [0.3, 0.4) is 0 Å². The fourth-order valence-electron chi connectivity index (χ4n) is 2.74. The van der Waals surface area contributed by atoms with Crippen molar-refractivity contribution in [1.82, 2.24) is 5.32 Å². The lowest BCUT2D eigenvalue weighted by Gasteiger charge is -2.20. The van der Waals surface area contributed by atoms with E-state index in [1.807, 2.05) is 48.5 Å². The number of nitrogens with one attached hydrogen (secondary N) is 1. The topological polar surface area (TPSA) is 49.4 Å². The van der Waals surface area contributed by atoms with Crippen LogP contribution in [0.1, 0.15) is 28.8 Å². The first kappa shape index (κ1) is 16.2. The molecular weight excluding hydrogens is 300 g/mol. The minimum atomic E-state index is -0.142. The molecule has 2 aromatic carbocycles. The molecule has 124 valence electrons. The van der Waals surface area contributed by atoms with E-state index in [0.29, 0.717) is 17.8 Å². The summed E-state index contributed by atoms with van der Waals surface area (Å²) < 4.78 is 0. The van der Waals surface area contributed by atoms with E-state index < -0.39 is 0 Å². The van der Waals surface area contributed by atoms with Crippen LogP contribution in [0.5, 0.6) is 0 Å². The number of benzene rings is 2. The van der Waals surface area contributed by atoms with Crippen LogP contribution < -0.4 is 10.2 Å². The molecule has 0 aliphatic heterocycles. The first-order valence-corrected chi connectivity index (χ1v) is 8.35. The molecule has 0 heterocycles. The molecule has 1 saturated carbocycles. The monoisotopic (exact) mass is 322 g/mol. The van der Waals surface area contributed by atoms with Crippen LogP contribution in [-0.2, 0) is 11.2 Å². The maximum absolute atomic E-state index is 12.5. The number of hydrogen-bond donors (Lipinski definition) is 1. The molecule has 1 N–H and O–H groups in total. The Bertz CT molecular complexity index is 723. The van der Waals surface area contributed by atoms with Gasteiger partial charge in [-0.25, -0.2) is 0 Å². The Balaban J connectivity index is 1.65. The van der Waals surface area contributed by atoms with Crippen LogP contribution in [0.4, 0.5) is 5.69 Å². The van der Waals surface area contributed by atoms with Gasteiger partial charge in [0, 0.05) is 19.5 Å². The first-order chi connectivity index (χ1) is 11.7. The summed E-state index contributed by atoms with van der Waals surface area (Å²) in [5.74, 6) is 0.0840. The SMILES string of the molecule is CN(C(=O)C1CC1)c1ccccc1C(=O)NCCc1ccccc1. The molecule has 4 nitrogen and oxygen atoms in total. The van der Waals surface area contributed by atoms with Gasteiger partial charge in [-0.2, -0.15) is 0 Å². The van der Waals surface area contributed by atoms with E-state index in [-0.39, 0.29) is 17.7 Å². The molecule has 0 spiro atoms. The summed E-state index contributed by atoms with van der Waals surface area (Å²) >= 11 is 0. The lowest BCUT2D eigenvalue weighted by Crippen LogP contribution is -2.32. The van der Waals surface area contributed by atoms with E-state index in [9.17, 15) is 9.59 Å². The predicted molar refractivity (Wildman–Crippen MR) is 95.1 cm³/mol. The molecule has 2 aromatic rings. The molecule has 0 atom stereocenters. The molecule has 1 aliphatic carbocycles. The average molecular weight is 322 g/mol. The summed E-state index contributed by atoms with van der Waals surface area (Å²) in [7, 11) is 1.75. The van der Waals surface area contributed by atoms with Crippen LogP contribution in [0, 0.1) is 5.92 Å². The zero-order chi connectivity index (χ0) is 16.9. The van der Waals surface area contributed by atoms with E-state index in [4.69, 9.17) is 0 Å². The lowest BCUT2D eigenvalue weighted by molar-refractivity contribution is -0.119. The molecule has 24 heavy (non-hydrogen) atoms. The zero-order valence-electron chi connectivity index (χ0n) is 13.9. The van der Waals surface area contributed by atoms with Crippen LogP contribution in [0.15, 0.2) is 54.6 Å². The second-order valence-corrected chi connectivity index (χ2v) is 6.18. The van der Waals surface area contributed by atoms with Gasteiger partial charge in [0.25, 0.3) is 5.91 Å². The highest BCUT2D eigenvalue weighted by Gasteiger charge is 2.33. The van der Waals surface area contributed by atoms with Gasteiger partial charge in [0.1, 0.15) is 0 Å². The van der Waals surface area contributed by atoms with Gasteiger partial charge in [0.2, 0.25) is 5.91 Å². The number of anilines is 1. The Morgan fingerprint density at radius 2 is 1.71 bits per heavy atom. The summed E-state index contributed by atoms with van der Waals surface area (Å²) in [6, 6.07) is 17.3. The van der Waals surface area contributed by atoms with E-state index in [1.165, 1.54) is 5.56 Å². The van der Waals surface area contributed by atoms with Crippen LogP contribution in [-0.4, -0.2) is 25.4 Å². The van der Waals surface area contributed by atoms with Gasteiger partial charge >= 0.3 is 0 Å². The Kier molecular flexibility index (Phi) is 4.94. The largest absolute Gasteiger partial charge is 0.352 e. The van der Waals surface area contributed by atoms with Crippen molar-refractivity contribution in [3.8, 4) is 0 Å². The van der Waals surface area contributed by atoms with Gasteiger partial charge in [-0.15, -0.1) is 0 Å². The molecular formula is C20H22N2O2. The molecule has 0 bridgehead atoms. The molecule has 1 aliphatic rings. The van der Waals surface area contributed by atoms with E-state index >= 15 is 0 Å². The molecule has 1 fully saturated rings. The van der Waals surface area contributed by atoms with Crippen LogP contribution in [0.2, 0.25) is 0 Å². The summed E-state index contributed by atoms with van der Waals surface area (Å²) in [5.41, 5.74) is 2.40. The molecule has 0 radical (unpaired) electrons. The number of carbonyl (C=O) groups is 2. The fraction of sp³-hybridized carbons (Fsp3) is 0.300. The van der Waals surface area contributed by atoms with Gasteiger partial charge in [0.15, 0.2) is 0 Å². The second-order valence-electron chi connectivity index (χ2n) is 6.18. The maximum Gasteiger partial charge on any atom is 0.253 e. The highest BCUT2D eigenvalue weighted by atomic mass is 16.2. The van der Waals surface area contributed by atoms with Gasteiger partial charge in [0.05, 0.1) is 11.3 Å². The number of rotatable bonds is 6. The molecule has 3 rings (SSSR count). The molecule has 0 aromatic heterocycles. The van der Waals surface area contributed by atoms with Crippen molar-refractivity contribution in [3.63, 3.8) is 0 Å². The Hall–Kier alpha value is -2.62. The Labute approximate surface area is 142 Å². The third kappa shape index (κ3) is 3.82. The highest BCUT2D eigenvalue weighted by Crippen LogP contribution is 2.33. The lowest BCUT2D eigenvalue weighted by atomic mass is 10.1. The summed E-state index contributed by atoms with van der Waals surface area (Å²) in [6.45, 7) is 0.567. The van der Waals surface area contributed by atoms with Crippen molar-refractivity contribution in [2.24, 2.45) is 5.92 Å². The number of carbonyl (C=O) groups excluding carboxylic acids is 2. The fourth-order valence-corrected chi connectivity index (χ4v) is 2.74. The third-order valence-electron chi connectivity index (χ3n) is 4.31. The van der Waals surface area contributed by atoms with Crippen molar-refractivity contribution >= 4 is 17.5 Å². The molecule has 2 amide bonds. The van der Waals surface area contributed by atoms with Crippen molar-refractivity contribution in [3.05, 3.63) is 65.7 Å². The minimum absolute atomic E-state index is 0.0968. The normalized spacial score (nSPS) is 13.4. The van der Waals surface area contributed by atoms with Gasteiger partial charge in [-0.05, 0) is 37.0 Å². The highest BCUT2D eigenvalue weighted by molar-refractivity contribution is 6.05. The average Bonchev–Trinajstić information content (AvgIpc) is 3.46. The summed E-state index contributed by atoms with van der Waals surface area (Å²) in [4.78, 5) is 26.4. The van der Waals surface area contributed by atoms with Gasteiger partial charge in [-0.3, -0.25) is 9.59 Å². The van der Waals surface area contributed by atoms with Gasteiger partial charge in [-0.1, -0.05) is 42.5 Å². The van der Waals surface area contributed by atoms with Crippen molar-refractivity contribution in [2.75, 3.05) is 18.5 Å². The first-order valence-electron chi connectivity index (χ1n) is 8.35. The third-order valence-corrected chi connectivity index (χ3v) is 4.31. The van der Waals surface area contributed by atoms with Crippen LogP contribution in [0.25, 0.3) is 0 Å². The zero-order valence-corrected chi connectivity index (χ0v) is 13.9. The molecule has 0 unspecified atom stereocenters. The van der Waals surface area contributed by atoms with Crippen molar-refractivity contribution in [1.29, 1.82) is 0 Å². The quantitative estimate of drug-likeness (QED) is 0.889. The summed E-state index contributed by atoms with van der Waals surface area (Å²) in [5, 5.41) is 2.95. The van der Waals surface area contributed by atoms with Crippen molar-refractivity contribution < 1.29 is 9.59 Å². The standard InChI is InChI=1S/C20H22N2O2/c1-22(20(24)16-11-12-16)18-10-6-5-9-17(18)19(23)21-14-13-15-7-3-2-4-8-15/h2-10,16H,11-14H2,1H3,(H,21,23). The number of nitrogens with zero attached hydrogens (tertiary/aromatic N) is 1. The number of hydrogen-bond acceptors (Lipinski definition) is 2. The van der Waals surface area contributed by atoms with Gasteiger partial charge < -0.3 is 10.2 Å². The van der Waals surface area contributed by atoms with E-state index in [2.05, 4.69) is 5.32 Å². The Morgan fingerprint density at radius 1 is 1.04 bits per heavy atom. The predicted octanol–water partition coefficient (Wildman–Crippen LogP) is 3.03. The molecule has 4 heteroatoms.